The normalized spacial score (nSPS) is 27.0. The van der Waals surface area contributed by atoms with Gasteiger partial charge in [-0.2, -0.15) is 0 Å². The third-order valence-electron chi connectivity index (χ3n) is 6.54. The summed E-state index contributed by atoms with van der Waals surface area (Å²) in [6, 6.07) is 7.43. The lowest BCUT2D eigenvalue weighted by Crippen LogP contribution is -2.51. The zero-order valence-electron chi connectivity index (χ0n) is 17.3. The number of rotatable bonds is 5. The van der Waals surface area contributed by atoms with Gasteiger partial charge in [0.25, 0.3) is 0 Å². The van der Waals surface area contributed by atoms with Crippen molar-refractivity contribution < 1.29 is 14.4 Å². The molecule has 0 spiro atoms. The lowest BCUT2D eigenvalue weighted by molar-refractivity contribution is -0.148. The van der Waals surface area contributed by atoms with Crippen LogP contribution in [0.2, 0.25) is 0 Å². The van der Waals surface area contributed by atoms with E-state index in [0.29, 0.717) is 19.3 Å². The molecule has 5 heteroatoms. The fourth-order valence-electron chi connectivity index (χ4n) is 5.08. The molecule has 3 amide bonds. The summed E-state index contributed by atoms with van der Waals surface area (Å²) in [5.74, 6) is -0.946. The smallest absolute Gasteiger partial charge is 0.243 e. The van der Waals surface area contributed by atoms with E-state index in [1.165, 1.54) is 10.5 Å². The van der Waals surface area contributed by atoms with Crippen molar-refractivity contribution in [2.45, 2.75) is 64.5 Å². The standard InChI is InChI=1S/C24H30N2O3/c1-15(2)14-21(26-23(28)18-11-5-6-12-19(18)24(26)29)22(27)25-20-13-7-9-16-8-3-4-10-17(16)20/h3-6,8,10,15,18-21H,7,9,11-14H2,1-2H3,(H,25,27)/t18-,19+,20-,21-/m1/s1. The quantitative estimate of drug-likeness (QED) is 0.614. The molecule has 1 aliphatic heterocycles. The summed E-state index contributed by atoms with van der Waals surface area (Å²) in [6.45, 7) is 4.05. The highest BCUT2D eigenvalue weighted by Gasteiger charge is 2.51. The van der Waals surface area contributed by atoms with Gasteiger partial charge in [-0.25, -0.2) is 0 Å². The van der Waals surface area contributed by atoms with Gasteiger partial charge in [-0.05, 0) is 55.6 Å². The molecule has 154 valence electrons. The number of hydrogen-bond donors (Lipinski definition) is 1. The summed E-state index contributed by atoms with van der Waals surface area (Å²) in [4.78, 5) is 40.8. The fourth-order valence-corrected chi connectivity index (χ4v) is 5.08. The number of imide groups is 1. The molecule has 3 aliphatic rings. The second-order valence-corrected chi connectivity index (χ2v) is 9.00. The molecule has 1 fully saturated rings. The predicted octanol–water partition coefficient (Wildman–Crippen LogP) is 3.55. The first-order valence-corrected chi connectivity index (χ1v) is 10.9. The van der Waals surface area contributed by atoms with Crippen molar-refractivity contribution in [3.63, 3.8) is 0 Å². The van der Waals surface area contributed by atoms with Crippen LogP contribution in [-0.2, 0) is 20.8 Å². The van der Waals surface area contributed by atoms with Crippen molar-refractivity contribution in [3.8, 4) is 0 Å². The Morgan fingerprint density at radius 3 is 2.41 bits per heavy atom. The number of likely N-dealkylation sites (tertiary alicyclic amines) is 1. The Balaban J connectivity index is 1.57. The highest BCUT2D eigenvalue weighted by atomic mass is 16.2. The molecular weight excluding hydrogens is 364 g/mol. The Bertz CT molecular complexity index is 818. The van der Waals surface area contributed by atoms with Gasteiger partial charge in [-0.1, -0.05) is 50.3 Å². The Labute approximate surface area is 172 Å². The number of amides is 3. The molecule has 0 aromatic heterocycles. The second kappa shape index (κ2) is 8.13. The molecule has 1 saturated heterocycles. The third-order valence-corrected chi connectivity index (χ3v) is 6.54. The summed E-state index contributed by atoms with van der Waals surface area (Å²) >= 11 is 0. The number of nitrogens with one attached hydrogen (secondary N) is 1. The van der Waals surface area contributed by atoms with Crippen LogP contribution in [0.4, 0.5) is 0 Å². The summed E-state index contributed by atoms with van der Waals surface area (Å²) in [6.07, 6.45) is 8.57. The van der Waals surface area contributed by atoms with Gasteiger partial charge >= 0.3 is 0 Å². The summed E-state index contributed by atoms with van der Waals surface area (Å²) in [7, 11) is 0. The van der Waals surface area contributed by atoms with Crippen molar-refractivity contribution >= 4 is 17.7 Å². The maximum Gasteiger partial charge on any atom is 0.243 e. The lowest BCUT2D eigenvalue weighted by atomic mass is 9.85. The number of fused-ring (bicyclic) bond motifs is 2. The third kappa shape index (κ3) is 3.75. The van der Waals surface area contributed by atoms with E-state index < -0.39 is 6.04 Å². The van der Waals surface area contributed by atoms with Crippen LogP contribution in [0.15, 0.2) is 36.4 Å². The predicted molar refractivity (Wildman–Crippen MR) is 111 cm³/mol. The van der Waals surface area contributed by atoms with Crippen LogP contribution in [-0.4, -0.2) is 28.7 Å². The van der Waals surface area contributed by atoms with Gasteiger partial charge in [-0.15, -0.1) is 0 Å². The second-order valence-electron chi connectivity index (χ2n) is 9.00. The number of allylic oxidation sites excluding steroid dienone is 2. The maximum absolute atomic E-state index is 13.4. The van der Waals surface area contributed by atoms with Crippen molar-refractivity contribution in [2.75, 3.05) is 0 Å². The van der Waals surface area contributed by atoms with Gasteiger partial charge in [0.15, 0.2) is 0 Å². The number of benzene rings is 1. The van der Waals surface area contributed by atoms with Crippen molar-refractivity contribution in [3.05, 3.63) is 47.5 Å². The Morgan fingerprint density at radius 1 is 1.10 bits per heavy atom. The molecule has 2 aliphatic carbocycles. The van der Waals surface area contributed by atoms with Gasteiger partial charge < -0.3 is 5.32 Å². The molecule has 1 aromatic carbocycles. The van der Waals surface area contributed by atoms with Crippen LogP contribution in [0, 0.1) is 17.8 Å². The number of hydrogen-bond acceptors (Lipinski definition) is 3. The van der Waals surface area contributed by atoms with Gasteiger partial charge in [0, 0.05) is 0 Å². The monoisotopic (exact) mass is 394 g/mol. The molecule has 0 unspecified atom stereocenters. The fraction of sp³-hybridized carbons (Fsp3) is 0.542. The molecule has 0 saturated carbocycles. The van der Waals surface area contributed by atoms with Gasteiger partial charge in [0.05, 0.1) is 17.9 Å². The number of aryl methyl sites for hydroxylation is 1. The van der Waals surface area contributed by atoms with Crippen molar-refractivity contribution in [1.82, 2.24) is 10.2 Å². The molecule has 29 heavy (non-hydrogen) atoms. The van der Waals surface area contributed by atoms with Gasteiger partial charge in [-0.3, -0.25) is 19.3 Å². The molecule has 4 rings (SSSR count). The van der Waals surface area contributed by atoms with E-state index >= 15 is 0 Å². The van der Waals surface area contributed by atoms with E-state index in [1.807, 2.05) is 38.1 Å². The average molecular weight is 395 g/mol. The highest BCUT2D eigenvalue weighted by molar-refractivity contribution is 6.08. The molecular formula is C24H30N2O3. The van der Waals surface area contributed by atoms with Crippen LogP contribution in [0.1, 0.15) is 63.1 Å². The van der Waals surface area contributed by atoms with E-state index in [9.17, 15) is 14.4 Å². The Hall–Kier alpha value is -2.43. The van der Waals surface area contributed by atoms with E-state index in [-0.39, 0.29) is 41.5 Å². The molecule has 5 nitrogen and oxygen atoms in total. The zero-order chi connectivity index (χ0) is 20.5. The minimum Gasteiger partial charge on any atom is -0.347 e. The lowest BCUT2D eigenvalue weighted by Gasteiger charge is -2.31. The molecule has 1 heterocycles. The molecule has 0 radical (unpaired) electrons. The summed E-state index contributed by atoms with van der Waals surface area (Å²) < 4.78 is 0. The largest absolute Gasteiger partial charge is 0.347 e. The number of carbonyl (C=O) groups excluding carboxylic acids is 3. The summed E-state index contributed by atoms with van der Waals surface area (Å²) in [5.41, 5.74) is 2.43. The maximum atomic E-state index is 13.4. The van der Waals surface area contributed by atoms with E-state index in [0.717, 1.165) is 24.8 Å². The van der Waals surface area contributed by atoms with Crippen LogP contribution in [0.5, 0.6) is 0 Å². The minimum absolute atomic E-state index is 0.0566. The molecule has 0 bridgehead atoms. The first-order valence-electron chi connectivity index (χ1n) is 10.9. The van der Waals surface area contributed by atoms with Gasteiger partial charge in [0.1, 0.15) is 6.04 Å². The Morgan fingerprint density at radius 2 is 1.76 bits per heavy atom. The topological polar surface area (TPSA) is 66.5 Å². The zero-order valence-corrected chi connectivity index (χ0v) is 17.3. The van der Waals surface area contributed by atoms with Crippen LogP contribution >= 0.6 is 0 Å². The van der Waals surface area contributed by atoms with Crippen molar-refractivity contribution in [2.24, 2.45) is 17.8 Å². The minimum atomic E-state index is -0.727. The SMILES string of the molecule is CC(C)C[C@H](C(=O)N[C@@H]1CCCc2ccccc21)N1C(=O)[C@H]2CC=CC[C@H]2C1=O. The molecule has 1 aromatic rings. The highest BCUT2D eigenvalue weighted by Crippen LogP contribution is 2.37. The van der Waals surface area contributed by atoms with Gasteiger partial charge in [0.2, 0.25) is 17.7 Å². The van der Waals surface area contributed by atoms with E-state index in [4.69, 9.17) is 0 Å². The number of nitrogens with zero attached hydrogens (tertiary/aromatic N) is 1. The first-order chi connectivity index (χ1) is 14.0. The van der Waals surface area contributed by atoms with E-state index in [2.05, 4.69) is 17.4 Å². The van der Waals surface area contributed by atoms with Crippen molar-refractivity contribution in [1.29, 1.82) is 0 Å². The summed E-state index contributed by atoms with van der Waals surface area (Å²) in [5, 5.41) is 3.18. The van der Waals surface area contributed by atoms with E-state index in [1.54, 1.807) is 0 Å². The molecule has 1 N–H and O–H groups in total. The number of carbonyl (C=O) groups is 3. The first kappa shape index (κ1) is 19.9. The molecule has 4 atom stereocenters. The van der Waals surface area contributed by atoms with Crippen LogP contribution < -0.4 is 5.32 Å². The average Bonchev–Trinajstić information content (AvgIpc) is 2.97. The van der Waals surface area contributed by atoms with Crippen LogP contribution in [0.25, 0.3) is 0 Å². The Kier molecular flexibility index (Phi) is 5.57. The van der Waals surface area contributed by atoms with Crippen LogP contribution in [0.3, 0.4) is 0 Å².